The van der Waals surface area contributed by atoms with Crippen molar-refractivity contribution in [1.29, 1.82) is 0 Å². The fourth-order valence-corrected chi connectivity index (χ4v) is 9.17. The maximum atomic E-state index is 13.6. The Kier molecular flexibility index (Phi) is 7.03. The van der Waals surface area contributed by atoms with Crippen LogP contribution in [-0.2, 0) is 0 Å². The summed E-state index contributed by atoms with van der Waals surface area (Å²) < 4.78 is 0. The van der Waals surface area contributed by atoms with Crippen LogP contribution in [0.2, 0.25) is 0 Å². The van der Waals surface area contributed by atoms with Crippen molar-refractivity contribution in [1.82, 2.24) is 29.4 Å². The average Bonchev–Trinajstić information content (AvgIpc) is 3.66. The Hall–Kier alpha value is -1.54. The second-order valence-corrected chi connectivity index (χ2v) is 14.6. The lowest BCUT2D eigenvalue weighted by Crippen LogP contribution is -2.61. The van der Waals surface area contributed by atoms with Gasteiger partial charge in [-0.3, -0.25) is 9.80 Å². The van der Waals surface area contributed by atoms with Crippen LogP contribution in [-0.4, -0.2) is 131 Å². The third kappa shape index (κ3) is 4.06. The summed E-state index contributed by atoms with van der Waals surface area (Å²) in [4.78, 5) is 40.6. The molecule has 4 saturated heterocycles. The summed E-state index contributed by atoms with van der Waals surface area (Å²) >= 11 is 0. The molecule has 0 aromatic carbocycles. The fraction of sp³-hybridized carbons (Fsp3) is 0.933. The molecule has 0 bridgehead atoms. The summed E-state index contributed by atoms with van der Waals surface area (Å²) in [5.74, 6) is 1.08. The standard InChI is InChI=1S/C30H54N6O2/c1-21(2)31(8)26(37)33-14-12-29(18-33)11-10-13-36(29)28(7)15-24-16-34(23(5)6)19-30(24)20-35(17-25(28)30)27(38)32(9)22(3)4/h21-25H,10-20H2,1-9H3. The molecule has 8 nitrogen and oxygen atoms in total. The summed E-state index contributed by atoms with van der Waals surface area (Å²) in [7, 11) is 3.89. The minimum atomic E-state index is 0.0542. The first-order valence-electron chi connectivity index (χ1n) is 15.3. The van der Waals surface area contributed by atoms with Crippen molar-refractivity contribution in [2.24, 2.45) is 17.3 Å². The van der Waals surface area contributed by atoms with Gasteiger partial charge < -0.3 is 19.6 Å². The number of amides is 4. The molecule has 5 rings (SSSR count). The average molecular weight is 531 g/mol. The zero-order chi connectivity index (χ0) is 27.8. The second-order valence-electron chi connectivity index (χ2n) is 14.6. The largest absolute Gasteiger partial charge is 0.325 e. The second kappa shape index (κ2) is 9.53. The molecule has 4 aliphatic heterocycles. The number of nitrogens with zero attached hydrogens (tertiary/aromatic N) is 6. The van der Waals surface area contributed by atoms with E-state index in [1.807, 2.05) is 23.9 Å². The van der Waals surface area contributed by atoms with E-state index in [2.05, 4.69) is 68.1 Å². The lowest BCUT2D eigenvalue weighted by atomic mass is 9.72. The van der Waals surface area contributed by atoms with Crippen molar-refractivity contribution < 1.29 is 9.59 Å². The summed E-state index contributed by atoms with van der Waals surface area (Å²) in [5.41, 5.74) is 0.298. The molecular weight excluding hydrogens is 476 g/mol. The van der Waals surface area contributed by atoms with Crippen LogP contribution in [0.5, 0.6) is 0 Å². The fourth-order valence-electron chi connectivity index (χ4n) is 9.17. The predicted octanol–water partition coefficient (Wildman–Crippen LogP) is 3.87. The number of carbonyl (C=O) groups excluding carboxylic acids is 2. The summed E-state index contributed by atoms with van der Waals surface area (Å²) in [6.45, 7) is 22.4. The number of hydrogen-bond acceptors (Lipinski definition) is 4. The molecule has 5 fully saturated rings. The smallest absolute Gasteiger partial charge is 0.320 e. The predicted molar refractivity (Wildman–Crippen MR) is 152 cm³/mol. The van der Waals surface area contributed by atoms with E-state index in [1.54, 1.807) is 0 Å². The molecular formula is C30H54N6O2. The molecule has 0 aromatic rings. The molecule has 0 N–H and O–H groups in total. The normalized spacial score (nSPS) is 37.4. The minimum absolute atomic E-state index is 0.0542. The minimum Gasteiger partial charge on any atom is -0.325 e. The van der Waals surface area contributed by atoms with E-state index in [-0.39, 0.29) is 40.6 Å². The highest BCUT2D eigenvalue weighted by Gasteiger charge is 2.71. The van der Waals surface area contributed by atoms with Gasteiger partial charge in [-0.05, 0) is 86.6 Å². The molecule has 38 heavy (non-hydrogen) atoms. The maximum Gasteiger partial charge on any atom is 0.320 e. The van der Waals surface area contributed by atoms with Crippen LogP contribution in [0.1, 0.15) is 74.1 Å². The zero-order valence-corrected chi connectivity index (χ0v) is 25.7. The van der Waals surface area contributed by atoms with Gasteiger partial charge in [0.1, 0.15) is 0 Å². The molecule has 1 saturated carbocycles. The molecule has 5 aliphatic rings. The first-order valence-corrected chi connectivity index (χ1v) is 15.3. The number of likely N-dealkylation sites (tertiary alicyclic amines) is 4. The van der Waals surface area contributed by atoms with Crippen LogP contribution < -0.4 is 0 Å². The van der Waals surface area contributed by atoms with E-state index in [0.717, 1.165) is 52.2 Å². The van der Waals surface area contributed by atoms with Crippen molar-refractivity contribution in [3.63, 3.8) is 0 Å². The lowest BCUT2D eigenvalue weighted by Gasteiger charge is -2.50. The third-order valence-electron chi connectivity index (χ3n) is 11.7. The summed E-state index contributed by atoms with van der Waals surface area (Å²) in [6, 6.07) is 1.32. The van der Waals surface area contributed by atoms with Gasteiger partial charge in [0.05, 0.1) is 0 Å². The van der Waals surface area contributed by atoms with Crippen LogP contribution >= 0.6 is 0 Å². The van der Waals surface area contributed by atoms with Crippen LogP contribution in [0.3, 0.4) is 0 Å². The third-order valence-corrected chi connectivity index (χ3v) is 11.7. The molecule has 1 aliphatic carbocycles. The Morgan fingerprint density at radius 3 is 2.05 bits per heavy atom. The van der Waals surface area contributed by atoms with Crippen molar-refractivity contribution in [3.8, 4) is 0 Å². The molecule has 0 aromatic heterocycles. The Morgan fingerprint density at radius 1 is 0.816 bits per heavy atom. The topological polar surface area (TPSA) is 53.6 Å². The van der Waals surface area contributed by atoms with Gasteiger partial charge in [0, 0.05) is 93.9 Å². The van der Waals surface area contributed by atoms with E-state index in [1.165, 1.54) is 19.3 Å². The molecule has 5 atom stereocenters. The number of rotatable bonds is 4. The maximum absolute atomic E-state index is 13.6. The van der Waals surface area contributed by atoms with Gasteiger partial charge in [-0.1, -0.05) is 0 Å². The summed E-state index contributed by atoms with van der Waals surface area (Å²) in [6.07, 6.45) is 4.67. The summed E-state index contributed by atoms with van der Waals surface area (Å²) in [5, 5.41) is 0. The lowest BCUT2D eigenvalue weighted by molar-refractivity contribution is -0.0137. The molecule has 5 unspecified atom stereocenters. The van der Waals surface area contributed by atoms with E-state index in [4.69, 9.17) is 0 Å². The Balaban J connectivity index is 1.44. The molecule has 216 valence electrons. The van der Waals surface area contributed by atoms with Gasteiger partial charge in [0.2, 0.25) is 0 Å². The number of urea groups is 2. The number of hydrogen-bond donors (Lipinski definition) is 0. The van der Waals surface area contributed by atoms with E-state index in [9.17, 15) is 9.59 Å². The van der Waals surface area contributed by atoms with Crippen molar-refractivity contribution >= 4 is 12.1 Å². The van der Waals surface area contributed by atoms with E-state index < -0.39 is 0 Å². The Labute approximate surface area is 231 Å². The van der Waals surface area contributed by atoms with Gasteiger partial charge in [0.15, 0.2) is 0 Å². The molecule has 4 amide bonds. The van der Waals surface area contributed by atoms with Gasteiger partial charge in [-0.15, -0.1) is 0 Å². The molecule has 8 heteroatoms. The Bertz CT molecular complexity index is 940. The van der Waals surface area contributed by atoms with Crippen LogP contribution in [0.25, 0.3) is 0 Å². The number of carbonyl (C=O) groups is 2. The molecule has 4 heterocycles. The van der Waals surface area contributed by atoms with Gasteiger partial charge in [0.25, 0.3) is 0 Å². The van der Waals surface area contributed by atoms with Gasteiger partial charge >= 0.3 is 12.1 Å². The van der Waals surface area contributed by atoms with Crippen molar-refractivity contribution in [3.05, 3.63) is 0 Å². The molecule has 2 spiro atoms. The Morgan fingerprint density at radius 2 is 1.45 bits per heavy atom. The zero-order valence-electron chi connectivity index (χ0n) is 25.7. The first kappa shape index (κ1) is 28.0. The van der Waals surface area contributed by atoms with Crippen molar-refractivity contribution in [2.45, 2.75) is 103 Å². The van der Waals surface area contributed by atoms with Crippen LogP contribution in [0.15, 0.2) is 0 Å². The van der Waals surface area contributed by atoms with Crippen LogP contribution in [0, 0.1) is 17.3 Å². The highest BCUT2D eigenvalue weighted by Crippen LogP contribution is 2.64. The van der Waals surface area contributed by atoms with E-state index in [0.29, 0.717) is 17.9 Å². The van der Waals surface area contributed by atoms with Gasteiger partial charge in [-0.25, -0.2) is 9.59 Å². The highest BCUT2D eigenvalue weighted by atomic mass is 16.2. The van der Waals surface area contributed by atoms with Crippen molar-refractivity contribution in [2.75, 3.05) is 59.9 Å². The van der Waals surface area contributed by atoms with Crippen LogP contribution in [0.4, 0.5) is 9.59 Å². The quantitative estimate of drug-likeness (QED) is 0.554. The van der Waals surface area contributed by atoms with E-state index >= 15 is 0 Å². The molecule has 0 radical (unpaired) electrons. The first-order chi connectivity index (χ1) is 17.8. The monoisotopic (exact) mass is 530 g/mol. The van der Waals surface area contributed by atoms with Gasteiger partial charge in [-0.2, -0.15) is 0 Å². The highest BCUT2D eigenvalue weighted by molar-refractivity contribution is 5.75. The SMILES string of the molecule is CC(C)N1CC2CC(C)(N3CCCC34CCN(C(=O)N(C)C(C)C)C4)C3CN(C(=O)N(C)C(C)C)CC23C1.